The molecule has 0 radical (unpaired) electrons. The lowest BCUT2D eigenvalue weighted by Crippen LogP contribution is -2.11. The van der Waals surface area contributed by atoms with Crippen molar-refractivity contribution >= 4 is 11.7 Å². The predicted octanol–water partition coefficient (Wildman–Crippen LogP) is 1.31. The molecule has 1 amide bonds. The highest BCUT2D eigenvalue weighted by Gasteiger charge is 2.04. The molecule has 0 aliphatic heterocycles. The summed E-state index contributed by atoms with van der Waals surface area (Å²) in [6.45, 7) is 5.32. The van der Waals surface area contributed by atoms with Crippen molar-refractivity contribution in [1.82, 2.24) is 9.97 Å². The quantitative estimate of drug-likeness (QED) is 0.744. The van der Waals surface area contributed by atoms with Gasteiger partial charge in [-0.2, -0.15) is 0 Å². The summed E-state index contributed by atoms with van der Waals surface area (Å²) in [7, 11) is 0. The van der Waals surface area contributed by atoms with Crippen molar-refractivity contribution in [3.05, 3.63) is 17.6 Å². The summed E-state index contributed by atoms with van der Waals surface area (Å²) in [6.07, 6.45) is 2.41. The molecule has 0 saturated carbocycles. The third-order valence-corrected chi connectivity index (χ3v) is 1.59. The minimum atomic E-state index is -0.118. The van der Waals surface area contributed by atoms with Crippen LogP contribution in [0.1, 0.15) is 25.2 Å². The van der Waals surface area contributed by atoms with E-state index >= 15 is 0 Å². The molecule has 1 rings (SSSR count). The van der Waals surface area contributed by atoms with Gasteiger partial charge < -0.3 is 5.32 Å². The fraction of sp³-hybridized carbons (Fsp3) is 0.444. The summed E-state index contributed by atoms with van der Waals surface area (Å²) in [5.41, 5.74) is 1.70. The Morgan fingerprint density at radius 2 is 2.31 bits per heavy atom. The van der Waals surface area contributed by atoms with Crippen LogP contribution in [0.25, 0.3) is 0 Å². The monoisotopic (exact) mass is 179 g/mol. The Morgan fingerprint density at radius 1 is 1.62 bits per heavy atom. The average Bonchev–Trinajstić information content (AvgIpc) is 2.07. The highest BCUT2D eigenvalue weighted by Crippen LogP contribution is 2.10. The average molecular weight is 179 g/mol. The molecule has 0 aromatic carbocycles. The third-order valence-electron chi connectivity index (χ3n) is 1.59. The van der Waals surface area contributed by atoms with E-state index in [2.05, 4.69) is 15.3 Å². The molecule has 1 N–H and O–H groups in total. The molecule has 4 nitrogen and oxygen atoms in total. The largest absolute Gasteiger partial charge is 0.309 e. The zero-order valence-electron chi connectivity index (χ0n) is 8.09. The van der Waals surface area contributed by atoms with Gasteiger partial charge in [0.05, 0.1) is 17.6 Å². The smallest absolute Gasteiger partial charge is 0.222 e. The number of carbonyl (C=O) groups is 1. The molecule has 1 aromatic heterocycles. The highest BCUT2D eigenvalue weighted by molar-refractivity contribution is 5.88. The standard InChI is InChI=1S/C9H13N3O/c1-4-8-9(12-7(3)13)10-5-6(2)11-8/h5H,4H2,1-3H3,(H,10,12,13). The Labute approximate surface area is 77.4 Å². The van der Waals surface area contributed by atoms with E-state index in [9.17, 15) is 4.79 Å². The summed E-state index contributed by atoms with van der Waals surface area (Å²) >= 11 is 0. The first-order valence-electron chi connectivity index (χ1n) is 4.23. The zero-order chi connectivity index (χ0) is 9.84. The Morgan fingerprint density at radius 3 is 2.85 bits per heavy atom. The van der Waals surface area contributed by atoms with E-state index in [-0.39, 0.29) is 5.91 Å². The first kappa shape index (κ1) is 9.64. The van der Waals surface area contributed by atoms with E-state index in [1.54, 1.807) is 6.20 Å². The molecule has 13 heavy (non-hydrogen) atoms. The molecular formula is C9H13N3O. The second-order valence-electron chi connectivity index (χ2n) is 2.84. The summed E-state index contributed by atoms with van der Waals surface area (Å²) in [5.74, 6) is 0.452. The number of aryl methyl sites for hydroxylation is 2. The first-order chi connectivity index (χ1) is 6.13. The molecule has 0 fully saturated rings. The van der Waals surface area contributed by atoms with Gasteiger partial charge in [-0.05, 0) is 13.3 Å². The minimum Gasteiger partial charge on any atom is -0.309 e. The van der Waals surface area contributed by atoms with Gasteiger partial charge in [0.15, 0.2) is 5.82 Å². The van der Waals surface area contributed by atoms with Crippen LogP contribution < -0.4 is 5.32 Å². The van der Waals surface area contributed by atoms with Crippen LogP contribution in [-0.4, -0.2) is 15.9 Å². The second kappa shape index (κ2) is 3.98. The molecule has 0 aliphatic rings. The van der Waals surface area contributed by atoms with Crippen molar-refractivity contribution in [2.75, 3.05) is 5.32 Å². The molecular weight excluding hydrogens is 166 g/mol. The van der Waals surface area contributed by atoms with E-state index in [1.165, 1.54) is 6.92 Å². The molecule has 0 spiro atoms. The Bertz CT molecular complexity index is 323. The molecule has 4 heteroatoms. The van der Waals surface area contributed by atoms with Gasteiger partial charge >= 0.3 is 0 Å². The topological polar surface area (TPSA) is 54.9 Å². The van der Waals surface area contributed by atoms with Gasteiger partial charge in [-0.1, -0.05) is 6.92 Å². The van der Waals surface area contributed by atoms with Gasteiger partial charge in [-0.3, -0.25) is 9.78 Å². The maximum atomic E-state index is 10.8. The van der Waals surface area contributed by atoms with Gasteiger partial charge in [0, 0.05) is 6.92 Å². The van der Waals surface area contributed by atoms with Crippen LogP contribution in [0.3, 0.4) is 0 Å². The van der Waals surface area contributed by atoms with E-state index in [0.29, 0.717) is 5.82 Å². The molecule has 0 bridgehead atoms. The van der Waals surface area contributed by atoms with Gasteiger partial charge in [0.2, 0.25) is 5.91 Å². The maximum Gasteiger partial charge on any atom is 0.222 e. The van der Waals surface area contributed by atoms with Gasteiger partial charge in [0.1, 0.15) is 0 Å². The van der Waals surface area contributed by atoms with Crippen LogP contribution in [0.5, 0.6) is 0 Å². The number of nitrogens with zero attached hydrogens (tertiary/aromatic N) is 2. The molecule has 1 aromatic rings. The molecule has 70 valence electrons. The summed E-state index contributed by atoms with van der Waals surface area (Å²) in [4.78, 5) is 19.1. The molecule has 0 saturated heterocycles. The molecule has 1 heterocycles. The van der Waals surface area contributed by atoms with Crippen molar-refractivity contribution in [2.45, 2.75) is 27.2 Å². The Kier molecular flexibility index (Phi) is 2.95. The fourth-order valence-electron chi connectivity index (χ4n) is 1.04. The number of hydrogen-bond acceptors (Lipinski definition) is 3. The lowest BCUT2D eigenvalue weighted by molar-refractivity contribution is -0.114. The van der Waals surface area contributed by atoms with E-state index < -0.39 is 0 Å². The van der Waals surface area contributed by atoms with Crippen LogP contribution in [0.2, 0.25) is 0 Å². The number of anilines is 1. The van der Waals surface area contributed by atoms with Crippen molar-refractivity contribution in [1.29, 1.82) is 0 Å². The van der Waals surface area contributed by atoms with Crippen LogP contribution in [-0.2, 0) is 11.2 Å². The summed E-state index contributed by atoms with van der Waals surface area (Å²) in [6, 6.07) is 0. The number of nitrogens with one attached hydrogen (secondary N) is 1. The van der Waals surface area contributed by atoms with Crippen molar-refractivity contribution in [3.8, 4) is 0 Å². The third kappa shape index (κ3) is 2.50. The van der Waals surface area contributed by atoms with E-state index in [0.717, 1.165) is 17.8 Å². The number of amides is 1. The number of hydrogen-bond donors (Lipinski definition) is 1. The highest BCUT2D eigenvalue weighted by atomic mass is 16.1. The Balaban J connectivity index is 2.99. The van der Waals surface area contributed by atoms with E-state index in [4.69, 9.17) is 0 Å². The lowest BCUT2D eigenvalue weighted by Gasteiger charge is -2.06. The molecule has 0 aliphatic carbocycles. The minimum absolute atomic E-state index is 0.118. The predicted molar refractivity (Wildman–Crippen MR) is 50.5 cm³/mol. The number of rotatable bonds is 2. The van der Waals surface area contributed by atoms with Gasteiger partial charge in [-0.15, -0.1) is 0 Å². The SMILES string of the molecule is CCc1nc(C)cnc1NC(C)=O. The maximum absolute atomic E-state index is 10.8. The Hall–Kier alpha value is -1.45. The van der Waals surface area contributed by atoms with Crippen LogP contribution in [0.15, 0.2) is 6.20 Å². The number of aromatic nitrogens is 2. The summed E-state index contributed by atoms with van der Waals surface area (Å²) in [5, 5.41) is 2.64. The summed E-state index contributed by atoms with van der Waals surface area (Å²) < 4.78 is 0. The lowest BCUT2D eigenvalue weighted by atomic mass is 10.3. The van der Waals surface area contributed by atoms with Crippen molar-refractivity contribution < 1.29 is 4.79 Å². The zero-order valence-corrected chi connectivity index (χ0v) is 8.09. The van der Waals surface area contributed by atoms with Crippen molar-refractivity contribution in [2.24, 2.45) is 0 Å². The first-order valence-corrected chi connectivity index (χ1v) is 4.23. The molecule has 0 atom stereocenters. The van der Waals surface area contributed by atoms with Crippen molar-refractivity contribution in [3.63, 3.8) is 0 Å². The van der Waals surface area contributed by atoms with Gasteiger partial charge in [0.25, 0.3) is 0 Å². The van der Waals surface area contributed by atoms with Crippen LogP contribution >= 0.6 is 0 Å². The fourth-order valence-corrected chi connectivity index (χ4v) is 1.04. The van der Waals surface area contributed by atoms with Crippen LogP contribution in [0.4, 0.5) is 5.82 Å². The van der Waals surface area contributed by atoms with E-state index in [1.807, 2.05) is 13.8 Å². The number of carbonyl (C=O) groups excluding carboxylic acids is 1. The molecule has 0 unspecified atom stereocenters. The second-order valence-corrected chi connectivity index (χ2v) is 2.84. The van der Waals surface area contributed by atoms with Crippen LogP contribution in [0, 0.1) is 6.92 Å². The normalized spacial score (nSPS) is 9.77. The van der Waals surface area contributed by atoms with Gasteiger partial charge in [-0.25, -0.2) is 4.98 Å².